The molecule has 1 nitrogen and oxygen atoms in total. The fraction of sp³-hybridized carbons (Fsp3) is 0. The second kappa shape index (κ2) is 3.69. The molecule has 0 saturated heterocycles. The van der Waals surface area contributed by atoms with Gasteiger partial charge in [-0.15, -0.1) is 0 Å². The van der Waals surface area contributed by atoms with Gasteiger partial charge in [0, 0.05) is 22.7 Å². The second-order valence-corrected chi connectivity index (χ2v) is 4.14. The normalized spacial score (nSPS) is 10.8. The molecule has 0 radical (unpaired) electrons. The van der Waals surface area contributed by atoms with Crippen LogP contribution in [0.15, 0.2) is 54.7 Å². The summed E-state index contributed by atoms with van der Waals surface area (Å²) in [7, 11) is 0. The Bertz CT molecular complexity index is 626. The van der Waals surface area contributed by atoms with Crippen LogP contribution in [0.3, 0.4) is 0 Å². The maximum absolute atomic E-state index is 6.23. The lowest BCUT2D eigenvalue weighted by Crippen LogP contribution is -1.75. The first-order chi connectivity index (χ1) is 7.86. The summed E-state index contributed by atoms with van der Waals surface area (Å²) in [5.74, 6) is 0. The Morgan fingerprint density at radius 1 is 0.875 bits per heavy atom. The van der Waals surface area contributed by atoms with E-state index >= 15 is 0 Å². The topological polar surface area (TPSA) is 15.8 Å². The Kier molecular flexibility index (Phi) is 2.19. The molecular formula is C14H10ClN. The maximum Gasteiger partial charge on any atom is 0.0506 e. The van der Waals surface area contributed by atoms with Crippen LogP contribution in [0.4, 0.5) is 0 Å². The summed E-state index contributed by atoms with van der Waals surface area (Å²) in [5.41, 5.74) is 3.41. The van der Waals surface area contributed by atoms with Gasteiger partial charge >= 0.3 is 0 Å². The van der Waals surface area contributed by atoms with Crippen LogP contribution in [0.1, 0.15) is 0 Å². The molecule has 0 bridgehead atoms. The highest BCUT2D eigenvalue weighted by atomic mass is 35.5. The van der Waals surface area contributed by atoms with Gasteiger partial charge in [0.2, 0.25) is 0 Å². The van der Waals surface area contributed by atoms with Crippen molar-refractivity contribution in [2.24, 2.45) is 0 Å². The lowest BCUT2D eigenvalue weighted by Gasteiger charge is -2.00. The van der Waals surface area contributed by atoms with E-state index in [-0.39, 0.29) is 0 Å². The molecule has 0 fully saturated rings. The zero-order valence-corrected chi connectivity index (χ0v) is 9.33. The highest BCUT2D eigenvalue weighted by Gasteiger charge is 2.08. The van der Waals surface area contributed by atoms with Crippen molar-refractivity contribution in [3.8, 4) is 11.1 Å². The van der Waals surface area contributed by atoms with E-state index in [9.17, 15) is 0 Å². The molecule has 0 amide bonds. The van der Waals surface area contributed by atoms with Gasteiger partial charge in [-0.2, -0.15) is 0 Å². The van der Waals surface area contributed by atoms with Crippen molar-refractivity contribution >= 4 is 22.5 Å². The van der Waals surface area contributed by atoms with E-state index in [2.05, 4.69) is 17.1 Å². The van der Waals surface area contributed by atoms with Crippen molar-refractivity contribution in [2.75, 3.05) is 0 Å². The summed E-state index contributed by atoms with van der Waals surface area (Å²) in [5, 5.41) is 1.88. The van der Waals surface area contributed by atoms with Gasteiger partial charge in [0.1, 0.15) is 0 Å². The number of hydrogen-bond donors (Lipinski definition) is 1. The molecule has 1 aromatic heterocycles. The van der Waals surface area contributed by atoms with E-state index in [0.717, 1.165) is 21.5 Å². The molecule has 0 aliphatic rings. The molecule has 1 heterocycles. The molecule has 1 N–H and O–H groups in total. The van der Waals surface area contributed by atoms with Gasteiger partial charge in [0.15, 0.2) is 0 Å². The first kappa shape index (κ1) is 9.49. The van der Waals surface area contributed by atoms with Crippen molar-refractivity contribution in [1.29, 1.82) is 0 Å². The lowest BCUT2D eigenvalue weighted by molar-refractivity contribution is 1.47. The molecule has 0 spiro atoms. The van der Waals surface area contributed by atoms with Crippen LogP contribution in [-0.4, -0.2) is 4.98 Å². The standard InChI is InChI=1S/C14H10ClN/c15-12-7-4-8-13-14(12)11(9-16-13)10-5-2-1-3-6-10/h1-9,16H. The van der Waals surface area contributed by atoms with Crippen LogP contribution in [0.2, 0.25) is 5.02 Å². The third kappa shape index (κ3) is 1.41. The van der Waals surface area contributed by atoms with Gasteiger partial charge in [0.25, 0.3) is 0 Å². The number of benzene rings is 2. The predicted molar refractivity (Wildman–Crippen MR) is 68.7 cm³/mol. The smallest absolute Gasteiger partial charge is 0.0506 e. The van der Waals surface area contributed by atoms with Crippen LogP contribution in [-0.2, 0) is 0 Å². The maximum atomic E-state index is 6.23. The average Bonchev–Trinajstić information content (AvgIpc) is 2.75. The van der Waals surface area contributed by atoms with Crippen molar-refractivity contribution in [1.82, 2.24) is 4.98 Å². The number of H-pyrrole nitrogens is 1. The molecule has 0 unspecified atom stereocenters. The van der Waals surface area contributed by atoms with Gasteiger partial charge in [-0.25, -0.2) is 0 Å². The number of aromatic nitrogens is 1. The fourth-order valence-corrected chi connectivity index (χ4v) is 2.26. The van der Waals surface area contributed by atoms with E-state index in [1.807, 2.05) is 42.6 Å². The van der Waals surface area contributed by atoms with E-state index in [1.54, 1.807) is 0 Å². The van der Waals surface area contributed by atoms with Crippen LogP contribution >= 0.6 is 11.6 Å². The van der Waals surface area contributed by atoms with E-state index < -0.39 is 0 Å². The molecule has 16 heavy (non-hydrogen) atoms. The van der Waals surface area contributed by atoms with Gasteiger partial charge in [-0.3, -0.25) is 0 Å². The van der Waals surface area contributed by atoms with Crippen molar-refractivity contribution in [3.63, 3.8) is 0 Å². The van der Waals surface area contributed by atoms with Crippen LogP contribution in [0.25, 0.3) is 22.0 Å². The highest BCUT2D eigenvalue weighted by Crippen LogP contribution is 2.33. The molecule has 0 aliphatic heterocycles. The van der Waals surface area contributed by atoms with Gasteiger partial charge in [0.05, 0.1) is 5.02 Å². The summed E-state index contributed by atoms with van der Waals surface area (Å²) >= 11 is 6.23. The van der Waals surface area contributed by atoms with Crippen molar-refractivity contribution in [2.45, 2.75) is 0 Å². The number of halogens is 1. The van der Waals surface area contributed by atoms with Crippen LogP contribution in [0, 0.1) is 0 Å². The number of hydrogen-bond acceptors (Lipinski definition) is 0. The summed E-state index contributed by atoms with van der Waals surface area (Å²) in [6.07, 6.45) is 2.01. The number of fused-ring (bicyclic) bond motifs is 1. The zero-order valence-electron chi connectivity index (χ0n) is 8.57. The Balaban J connectivity index is 2.33. The van der Waals surface area contributed by atoms with Crippen LogP contribution < -0.4 is 0 Å². The Morgan fingerprint density at radius 2 is 1.69 bits per heavy atom. The van der Waals surface area contributed by atoms with Crippen LogP contribution in [0.5, 0.6) is 0 Å². The average molecular weight is 228 g/mol. The monoisotopic (exact) mass is 227 g/mol. The second-order valence-electron chi connectivity index (χ2n) is 3.73. The molecule has 0 saturated carbocycles. The summed E-state index contributed by atoms with van der Waals surface area (Å²) in [6, 6.07) is 16.2. The third-order valence-corrected chi connectivity index (χ3v) is 3.05. The molecule has 0 atom stereocenters. The third-order valence-electron chi connectivity index (χ3n) is 2.74. The molecule has 3 aromatic rings. The predicted octanol–water partition coefficient (Wildman–Crippen LogP) is 4.49. The van der Waals surface area contributed by atoms with Gasteiger partial charge < -0.3 is 4.98 Å². The molecular weight excluding hydrogens is 218 g/mol. The van der Waals surface area contributed by atoms with E-state index in [4.69, 9.17) is 11.6 Å². The minimum Gasteiger partial charge on any atom is -0.360 e. The number of rotatable bonds is 1. The summed E-state index contributed by atoms with van der Waals surface area (Å²) in [6.45, 7) is 0. The number of nitrogens with one attached hydrogen (secondary N) is 1. The lowest BCUT2D eigenvalue weighted by atomic mass is 10.1. The van der Waals surface area contributed by atoms with Gasteiger partial charge in [-0.1, -0.05) is 48.0 Å². The zero-order chi connectivity index (χ0) is 11.0. The first-order valence-corrected chi connectivity index (χ1v) is 5.55. The molecule has 0 aliphatic carbocycles. The first-order valence-electron chi connectivity index (χ1n) is 5.17. The Morgan fingerprint density at radius 3 is 2.50 bits per heavy atom. The van der Waals surface area contributed by atoms with E-state index in [1.165, 1.54) is 5.56 Å². The number of aromatic amines is 1. The molecule has 2 heteroatoms. The van der Waals surface area contributed by atoms with Crippen molar-refractivity contribution < 1.29 is 0 Å². The minimum atomic E-state index is 0.789. The fourth-order valence-electron chi connectivity index (χ4n) is 1.99. The van der Waals surface area contributed by atoms with Crippen molar-refractivity contribution in [3.05, 3.63) is 59.8 Å². The largest absolute Gasteiger partial charge is 0.360 e. The minimum absolute atomic E-state index is 0.789. The quantitative estimate of drug-likeness (QED) is 0.631. The Hall–Kier alpha value is -1.73. The Labute approximate surface area is 98.7 Å². The molecule has 3 rings (SSSR count). The summed E-state index contributed by atoms with van der Waals surface area (Å²) < 4.78 is 0. The summed E-state index contributed by atoms with van der Waals surface area (Å²) in [4.78, 5) is 3.24. The highest BCUT2D eigenvalue weighted by molar-refractivity contribution is 6.36. The van der Waals surface area contributed by atoms with Gasteiger partial charge in [-0.05, 0) is 17.7 Å². The SMILES string of the molecule is Clc1cccc2[nH]cc(-c3ccccc3)c12. The molecule has 78 valence electrons. The molecule has 2 aromatic carbocycles. The van der Waals surface area contributed by atoms with E-state index in [0.29, 0.717) is 0 Å².